The fourth-order valence-corrected chi connectivity index (χ4v) is 4.93. The number of amides is 2. The van der Waals surface area contributed by atoms with E-state index in [1.54, 1.807) is 0 Å². The number of anilines is 1. The van der Waals surface area contributed by atoms with Crippen LogP contribution in [0.25, 0.3) is 0 Å². The normalized spacial score (nSPS) is 20.7. The molecule has 1 atom stereocenters. The van der Waals surface area contributed by atoms with E-state index in [0.717, 1.165) is 32.4 Å². The van der Waals surface area contributed by atoms with Gasteiger partial charge >= 0.3 is 0 Å². The van der Waals surface area contributed by atoms with E-state index in [-0.39, 0.29) is 17.7 Å². The van der Waals surface area contributed by atoms with Crippen molar-refractivity contribution < 1.29 is 9.59 Å². The van der Waals surface area contributed by atoms with E-state index in [1.807, 2.05) is 4.90 Å². The molecule has 3 rings (SSSR count). The standard InChI is InChI=1S/C25H39N3O2/c1-3-27(23-14-9-11-20(2)17-23)16-10-15-26-25(30)21-18-24(29)28(19-21)22-12-7-5-4-6-8-13-22/h9,11,14,17,21-22H,3-8,10,12-13,15-16,18-19H2,1-2H3,(H,26,30)/t21-/m1/s1. The Bertz CT molecular complexity index is 697. The molecular formula is C25H39N3O2. The Balaban J connectivity index is 1.42. The molecule has 2 amide bonds. The van der Waals surface area contributed by atoms with Gasteiger partial charge < -0.3 is 15.1 Å². The number of hydrogen-bond donors (Lipinski definition) is 1. The van der Waals surface area contributed by atoms with Crippen molar-refractivity contribution in [3.63, 3.8) is 0 Å². The number of carbonyl (C=O) groups excluding carboxylic acids is 2. The summed E-state index contributed by atoms with van der Waals surface area (Å²) in [5.41, 5.74) is 2.50. The molecule has 0 unspecified atom stereocenters. The Morgan fingerprint density at radius 3 is 2.60 bits per heavy atom. The second-order valence-corrected chi connectivity index (χ2v) is 9.01. The predicted molar refractivity (Wildman–Crippen MR) is 123 cm³/mol. The minimum absolute atomic E-state index is 0.0512. The second-order valence-electron chi connectivity index (χ2n) is 9.01. The Labute approximate surface area is 182 Å². The van der Waals surface area contributed by atoms with Crippen LogP contribution in [0.3, 0.4) is 0 Å². The first-order valence-corrected chi connectivity index (χ1v) is 12.0. The van der Waals surface area contributed by atoms with Crippen LogP contribution in [0.1, 0.15) is 70.3 Å². The van der Waals surface area contributed by atoms with E-state index in [4.69, 9.17) is 0 Å². The number of aryl methyl sites for hydroxylation is 1. The summed E-state index contributed by atoms with van der Waals surface area (Å²) < 4.78 is 0. The molecule has 0 aromatic heterocycles. The molecule has 5 nitrogen and oxygen atoms in total. The third-order valence-electron chi connectivity index (χ3n) is 6.70. The van der Waals surface area contributed by atoms with E-state index < -0.39 is 0 Å². The number of nitrogens with one attached hydrogen (secondary N) is 1. The summed E-state index contributed by atoms with van der Waals surface area (Å²) in [5, 5.41) is 3.09. The van der Waals surface area contributed by atoms with Crippen LogP contribution in [0, 0.1) is 12.8 Å². The van der Waals surface area contributed by atoms with E-state index in [0.29, 0.717) is 25.6 Å². The van der Waals surface area contributed by atoms with Gasteiger partial charge in [0.05, 0.1) is 5.92 Å². The van der Waals surface area contributed by atoms with Gasteiger partial charge in [0.25, 0.3) is 0 Å². The summed E-state index contributed by atoms with van der Waals surface area (Å²) in [6, 6.07) is 8.90. The van der Waals surface area contributed by atoms with Crippen LogP contribution in [0.15, 0.2) is 24.3 Å². The van der Waals surface area contributed by atoms with Crippen molar-refractivity contribution in [3.05, 3.63) is 29.8 Å². The highest BCUT2D eigenvalue weighted by molar-refractivity contribution is 5.89. The van der Waals surface area contributed by atoms with Crippen molar-refractivity contribution in [1.29, 1.82) is 0 Å². The SMILES string of the molecule is CCN(CCCNC(=O)[C@@H]1CC(=O)N(C2CCCCCCC2)C1)c1cccc(C)c1. The Morgan fingerprint density at radius 2 is 1.90 bits per heavy atom. The molecule has 1 aromatic rings. The van der Waals surface area contributed by atoms with Crippen LogP contribution >= 0.6 is 0 Å². The zero-order valence-corrected chi connectivity index (χ0v) is 18.9. The molecule has 166 valence electrons. The average molecular weight is 414 g/mol. The third-order valence-corrected chi connectivity index (χ3v) is 6.70. The maximum Gasteiger partial charge on any atom is 0.225 e. The lowest BCUT2D eigenvalue weighted by atomic mass is 9.96. The van der Waals surface area contributed by atoms with Crippen LogP contribution in [0.4, 0.5) is 5.69 Å². The summed E-state index contributed by atoms with van der Waals surface area (Å²) in [5.74, 6) is 0.0506. The smallest absolute Gasteiger partial charge is 0.225 e. The van der Waals surface area contributed by atoms with E-state index in [2.05, 4.69) is 48.3 Å². The summed E-state index contributed by atoms with van der Waals surface area (Å²) in [4.78, 5) is 29.6. The summed E-state index contributed by atoms with van der Waals surface area (Å²) in [6.45, 7) is 7.41. The molecule has 1 N–H and O–H groups in total. The molecule has 0 spiro atoms. The van der Waals surface area contributed by atoms with Crippen molar-refractivity contribution in [2.45, 2.75) is 77.7 Å². The maximum absolute atomic E-state index is 12.7. The first kappa shape index (κ1) is 22.6. The molecule has 1 heterocycles. The van der Waals surface area contributed by atoms with Gasteiger partial charge in [0.15, 0.2) is 0 Å². The van der Waals surface area contributed by atoms with Gasteiger partial charge in [-0.3, -0.25) is 9.59 Å². The molecule has 5 heteroatoms. The van der Waals surface area contributed by atoms with Gasteiger partial charge in [-0.2, -0.15) is 0 Å². The Hall–Kier alpha value is -2.04. The van der Waals surface area contributed by atoms with Crippen molar-refractivity contribution in [3.8, 4) is 0 Å². The highest BCUT2D eigenvalue weighted by Crippen LogP contribution is 2.27. The Morgan fingerprint density at radius 1 is 1.17 bits per heavy atom. The molecule has 1 saturated carbocycles. The van der Waals surface area contributed by atoms with Gasteiger partial charge in [-0.15, -0.1) is 0 Å². The number of likely N-dealkylation sites (tertiary alicyclic amines) is 1. The number of benzene rings is 1. The van der Waals surface area contributed by atoms with Gasteiger partial charge in [-0.25, -0.2) is 0 Å². The number of nitrogens with zero attached hydrogens (tertiary/aromatic N) is 2. The van der Waals surface area contributed by atoms with Gasteiger partial charge in [0, 0.05) is 44.3 Å². The van der Waals surface area contributed by atoms with Crippen molar-refractivity contribution in [2.24, 2.45) is 5.92 Å². The summed E-state index contributed by atoms with van der Waals surface area (Å²) in [7, 11) is 0. The van der Waals surface area contributed by atoms with Crippen LogP contribution in [-0.4, -0.2) is 48.9 Å². The second kappa shape index (κ2) is 11.4. The monoisotopic (exact) mass is 413 g/mol. The van der Waals surface area contributed by atoms with Crippen LogP contribution in [-0.2, 0) is 9.59 Å². The minimum atomic E-state index is -0.179. The van der Waals surface area contributed by atoms with Crippen molar-refractivity contribution >= 4 is 17.5 Å². The zero-order valence-electron chi connectivity index (χ0n) is 18.9. The molecule has 30 heavy (non-hydrogen) atoms. The van der Waals surface area contributed by atoms with Crippen LogP contribution in [0.2, 0.25) is 0 Å². The van der Waals surface area contributed by atoms with Crippen molar-refractivity contribution in [1.82, 2.24) is 10.2 Å². The van der Waals surface area contributed by atoms with Crippen LogP contribution in [0.5, 0.6) is 0 Å². The number of carbonyl (C=O) groups is 2. The highest BCUT2D eigenvalue weighted by Gasteiger charge is 2.37. The molecule has 0 bridgehead atoms. The first-order chi connectivity index (χ1) is 14.6. The lowest BCUT2D eigenvalue weighted by Gasteiger charge is -2.29. The zero-order chi connectivity index (χ0) is 21.3. The topological polar surface area (TPSA) is 52.7 Å². The lowest BCUT2D eigenvalue weighted by Crippen LogP contribution is -2.39. The lowest BCUT2D eigenvalue weighted by molar-refractivity contribution is -0.130. The molecule has 2 aliphatic rings. The third kappa shape index (κ3) is 6.23. The maximum atomic E-state index is 12.7. The van der Waals surface area contributed by atoms with E-state index in [9.17, 15) is 9.59 Å². The predicted octanol–water partition coefficient (Wildman–Crippen LogP) is 4.29. The van der Waals surface area contributed by atoms with E-state index >= 15 is 0 Å². The summed E-state index contributed by atoms with van der Waals surface area (Å²) in [6.07, 6.45) is 9.79. The fraction of sp³-hybridized carbons (Fsp3) is 0.680. The molecule has 1 aliphatic carbocycles. The molecular weight excluding hydrogens is 374 g/mol. The molecule has 1 aliphatic heterocycles. The summed E-state index contributed by atoms with van der Waals surface area (Å²) >= 11 is 0. The van der Waals surface area contributed by atoms with Crippen molar-refractivity contribution in [2.75, 3.05) is 31.1 Å². The van der Waals surface area contributed by atoms with Gasteiger partial charge in [0.2, 0.25) is 11.8 Å². The molecule has 1 aromatic carbocycles. The average Bonchev–Trinajstić information content (AvgIpc) is 3.09. The number of hydrogen-bond acceptors (Lipinski definition) is 3. The quantitative estimate of drug-likeness (QED) is 0.647. The Kier molecular flexibility index (Phi) is 8.59. The molecule has 1 saturated heterocycles. The molecule has 2 fully saturated rings. The minimum Gasteiger partial charge on any atom is -0.372 e. The first-order valence-electron chi connectivity index (χ1n) is 12.0. The fourth-order valence-electron chi connectivity index (χ4n) is 4.93. The van der Waals surface area contributed by atoms with Gasteiger partial charge in [0.1, 0.15) is 0 Å². The largest absolute Gasteiger partial charge is 0.372 e. The van der Waals surface area contributed by atoms with Crippen LogP contribution < -0.4 is 10.2 Å². The number of rotatable bonds is 8. The van der Waals surface area contributed by atoms with Gasteiger partial charge in [-0.05, 0) is 50.8 Å². The van der Waals surface area contributed by atoms with Gasteiger partial charge in [-0.1, -0.05) is 44.2 Å². The highest BCUT2D eigenvalue weighted by atomic mass is 16.2. The molecule has 0 radical (unpaired) electrons. The van der Waals surface area contributed by atoms with E-state index in [1.165, 1.54) is 43.4 Å².